The molecule has 0 saturated heterocycles. The zero-order valence-electron chi connectivity index (χ0n) is 9.11. The Kier molecular flexibility index (Phi) is 3.52. The van der Waals surface area contributed by atoms with Crippen LogP contribution in [0.2, 0.25) is 0 Å². The van der Waals surface area contributed by atoms with Crippen LogP contribution in [-0.4, -0.2) is 10.8 Å². The van der Waals surface area contributed by atoms with E-state index in [0.29, 0.717) is 17.6 Å². The van der Waals surface area contributed by atoms with E-state index in [4.69, 9.17) is 0 Å². The van der Waals surface area contributed by atoms with Gasteiger partial charge in [-0.2, -0.15) is 0 Å². The summed E-state index contributed by atoms with van der Waals surface area (Å²) in [4.78, 5) is 16.9. The Balaban J connectivity index is 2.13. The molecule has 0 spiro atoms. The van der Waals surface area contributed by atoms with E-state index in [1.54, 1.807) is 11.3 Å². The lowest BCUT2D eigenvalue weighted by Gasteiger charge is -2.29. The molecule has 1 fully saturated rings. The number of thiazole rings is 1. The standard InChI is InChI=1S/C12H17NOS/c1-2-3-9-4-5-10(14)6-11(9)12-7-13-8-15-12/h7-9,11H,2-6H2,1H3. The van der Waals surface area contributed by atoms with E-state index in [1.165, 1.54) is 17.7 Å². The molecular formula is C12H17NOS. The van der Waals surface area contributed by atoms with Gasteiger partial charge in [0.25, 0.3) is 0 Å². The van der Waals surface area contributed by atoms with Gasteiger partial charge in [0.15, 0.2) is 0 Å². The normalized spacial score (nSPS) is 26.9. The van der Waals surface area contributed by atoms with Gasteiger partial charge in [-0.15, -0.1) is 11.3 Å². The van der Waals surface area contributed by atoms with Crippen molar-refractivity contribution in [3.05, 3.63) is 16.6 Å². The summed E-state index contributed by atoms with van der Waals surface area (Å²) in [5.74, 6) is 1.59. The van der Waals surface area contributed by atoms with Crippen molar-refractivity contribution in [1.29, 1.82) is 0 Å². The molecule has 0 bridgehead atoms. The molecule has 15 heavy (non-hydrogen) atoms. The minimum atomic E-state index is 0.431. The highest BCUT2D eigenvalue weighted by molar-refractivity contribution is 7.09. The monoisotopic (exact) mass is 223 g/mol. The summed E-state index contributed by atoms with van der Waals surface area (Å²) >= 11 is 1.70. The second-order valence-corrected chi connectivity index (χ2v) is 5.26. The Labute approximate surface area is 94.7 Å². The average molecular weight is 223 g/mol. The van der Waals surface area contributed by atoms with E-state index < -0.39 is 0 Å². The highest BCUT2D eigenvalue weighted by Crippen LogP contribution is 2.40. The lowest BCUT2D eigenvalue weighted by atomic mass is 9.76. The number of hydrogen-bond acceptors (Lipinski definition) is 3. The van der Waals surface area contributed by atoms with Gasteiger partial charge >= 0.3 is 0 Å². The maximum Gasteiger partial charge on any atom is 0.133 e. The van der Waals surface area contributed by atoms with Gasteiger partial charge in [-0.25, -0.2) is 0 Å². The van der Waals surface area contributed by atoms with E-state index in [9.17, 15) is 4.79 Å². The number of ketones is 1. The van der Waals surface area contributed by atoms with Gasteiger partial charge in [0.05, 0.1) is 5.51 Å². The van der Waals surface area contributed by atoms with Crippen molar-refractivity contribution in [3.8, 4) is 0 Å². The Morgan fingerprint density at radius 3 is 3.13 bits per heavy atom. The first kappa shape index (κ1) is 10.8. The maximum absolute atomic E-state index is 11.5. The van der Waals surface area contributed by atoms with E-state index in [0.717, 1.165) is 19.3 Å². The summed E-state index contributed by atoms with van der Waals surface area (Å²) in [5, 5.41) is 0. The second kappa shape index (κ2) is 4.88. The van der Waals surface area contributed by atoms with E-state index >= 15 is 0 Å². The fourth-order valence-corrected chi connectivity index (χ4v) is 3.34. The maximum atomic E-state index is 11.5. The zero-order valence-corrected chi connectivity index (χ0v) is 9.93. The zero-order chi connectivity index (χ0) is 10.7. The number of hydrogen-bond donors (Lipinski definition) is 0. The highest BCUT2D eigenvalue weighted by atomic mass is 32.1. The van der Waals surface area contributed by atoms with Crippen molar-refractivity contribution >= 4 is 17.1 Å². The van der Waals surface area contributed by atoms with Crippen molar-refractivity contribution < 1.29 is 4.79 Å². The van der Waals surface area contributed by atoms with Crippen molar-refractivity contribution in [2.45, 2.75) is 44.9 Å². The Bertz CT molecular complexity index is 320. The quantitative estimate of drug-likeness (QED) is 0.786. The molecule has 82 valence electrons. The lowest BCUT2D eigenvalue weighted by Crippen LogP contribution is -2.22. The number of rotatable bonds is 3. The SMILES string of the molecule is CCCC1CCC(=O)CC1c1cncs1. The van der Waals surface area contributed by atoms with Crippen molar-refractivity contribution in [1.82, 2.24) is 4.98 Å². The van der Waals surface area contributed by atoms with Gasteiger partial charge < -0.3 is 0 Å². The number of aromatic nitrogens is 1. The molecule has 0 amide bonds. The lowest BCUT2D eigenvalue weighted by molar-refractivity contribution is -0.121. The molecule has 1 aliphatic carbocycles. The molecule has 1 aliphatic rings. The van der Waals surface area contributed by atoms with E-state index in [2.05, 4.69) is 11.9 Å². The fourth-order valence-electron chi connectivity index (χ4n) is 2.52. The molecular weight excluding hydrogens is 206 g/mol. The Hall–Kier alpha value is -0.700. The van der Waals surface area contributed by atoms with Crippen LogP contribution < -0.4 is 0 Å². The first-order valence-corrected chi connectivity index (χ1v) is 6.59. The summed E-state index contributed by atoms with van der Waals surface area (Å²) in [6, 6.07) is 0. The molecule has 0 aromatic carbocycles. The van der Waals surface area contributed by atoms with Crippen LogP contribution in [0.4, 0.5) is 0 Å². The van der Waals surface area contributed by atoms with Gasteiger partial charge in [0.2, 0.25) is 0 Å². The van der Waals surface area contributed by atoms with Crippen LogP contribution in [0.5, 0.6) is 0 Å². The Morgan fingerprint density at radius 1 is 1.60 bits per heavy atom. The highest BCUT2D eigenvalue weighted by Gasteiger charge is 2.30. The Morgan fingerprint density at radius 2 is 2.47 bits per heavy atom. The van der Waals surface area contributed by atoms with Crippen molar-refractivity contribution in [2.75, 3.05) is 0 Å². The summed E-state index contributed by atoms with van der Waals surface area (Å²) < 4.78 is 0. The number of carbonyl (C=O) groups excluding carboxylic acids is 1. The summed E-state index contributed by atoms with van der Waals surface area (Å²) in [7, 11) is 0. The first-order valence-electron chi connectivity index (χ1n) is 5.71. The van der Waals surface area contributed by atoms with Crippen molar-refractivity contribution in [3.63, 3.8) is 0 Å². The minimum Gasteiger partial charge on any atom is -0.300 e. The van der Waals surface area contributed by atoms with Crippen LogP contribution >= 0.6 is 11.3 Å². The molecule has 0 N–H and O–H groups in total. The van der Waals surface area contributed by atoms with Gasteiger partial charge in [0, 0.05) is 29.8 Å². The molecule has 0 radical (unpaired) electrons. The molecule has 0 aliphatic heterocycles. The van der Waals surface area contributed by atoms with Crippen LogP contribution in [0.1, 0.15) is 49.8 Å². The van der Waals surface area contributed by atoms with Gasteiger partial charge in [-0.3, -0.25) is 9.78 Å². The number of nitrogens with zero attached hydrogens (tertiary/aromatic N) is 1. The summed E-state index contributed by atoms with van der Waals surface area (Å²) in [5.41, 5.74) is 1.87. The van der Waals surface area contributed by atoms with Crippen LogP contribution in [0, 0.1) is 5.92 Å². The van der Waals surface area contributed by atoms with Crippen LogP contribution in [0.3, 0.4) is 0 Å². The van der Waals surface area contributed by atoms with E-state index in [1.807, 2.05) is 11.7 Å². The predicted octanol–water partition coefficient (Wildman–Crippen LogP) is 3.40. The third-order valence-corrected chi connectivity index (χ3v) is 4.19. The molecule has 2 nitrogen and oxygen atoms in total. The fraction of sp³-hybridized carbons (Fsp3) is 0.667. The van der Waals surface area contributed by atoms with Gasteiger partial charge in [-0.05, 0) is 12.3 Å². The third-order valence-electron chi connectivity index (χ3n) is 3.29. The summed E-state index contributed by atoms with van der Waals surface area (Å²) in [6.45, 7) is 2.22. The minimum absolute atomic E-state index is 0.431. The van der Waals surface area contributed by atoms with Gasteiger partial charge in [0.1, 0.15) is 5.78 Å². The topological polar surface area (TPSA) is 30.0 Å². The van der Waals surface area contributed by atoms with E-state index in [-0.39, 0.29) is 0 Å². The smallest absolute Gasteiger partial charge is 0.133 e. The first-order chi connectivity index (χ1) is 7.31. The molecule has 1 heterocycles. The molecule has 1 aromatic rings. The molecule has 2 atom stereocenters. The molecule has 2 unspecified atom stereocenters. The number of carbonyl (C=O) groups is 1. The van der Waals surface area contributed by atoms with Crippen molar-refractivity contribution in [2.24, 2.45) is 5.92 Å². The average Bonchev–Trinajstić information content (AvgIpc) is 2.74. The molecule has 2 rings (SSSR count). The number of Topliss-reactive ketones (excluding diaryl/α,β-unsaturated/α-hetero) is 1. The predicted molar refractivity (Wildman–Crippen MR) is 62.1 cm³/mol. The van der Waals surface area contributed by atoms with Crippen LogP contribution in [0.25, 0.3) is 0 Å². The molecule has 3 heteroatoms. The van der Waals surface area contributed by atoms with Gasteiger partial charge in [-0.1, -0.05) is 19.8 Å². The second-order valence-electron chi connectivity index (χ2n) is 4.34. The summed E-state index contributed by atoms with van der Waals surface area (Å²) in [6.07, 6.45) is 7.02. The largest absolute Gasteiger partial charge is 0.300 e. The van der Waals surface area contributed by atoms with Crippen LogP contribution in [-0.2, 0) is 4.79 Å². The molecule has 1 aromatic heterocycles. The van der Waals surface area contributed by atoms with Crippen LogP contribution in [0.15, 0.2) is 11.7 Å². The molecule has 1 saturated carbocycles. The third kappa shape index (κ3) is 2.46.